The number of hydrogen-bond donors (Lipinski definition) is 1. The second-order valence-corrected chi connectivity index (χ2v) is 2.33. The monoisotopic (exact) mass is 178 g/mol. The summed E-state index contributed by atoms with van der Waals surface area (Å²) in [5, 5.41) is 8.24. The molecule has 0 bridgehead atoms. The molecule has 1 N–H and O–H groups in total. The van der Waals surface area contributed by atoms with Gasteiger partial charge in [-0.3, -0.25) is 9.59 Å². The van der Waals surface area contributed by atoms with Gasteiger partial charge in [0, 0.05) is 5.56 Å². The maximum absolute atomic E-state index is 11.1. The van der Waals surface area contributed by atoms with Crippen molar-refractivity contribution in [2.75, 3.05) is 0 Å². The van der Waals surface area contributed by atoms with Crippen LogP contribution in [0, 0.1) is 0 Å². The molecule has 0 atom stereocenters. The molecule has 0 aliphatic heterocycles. The summed E-state index contributed by atoms with van der Waals surface area (Å²) < 4.78 is 0. The molecule has 0 saturated carbocycles. The molecule has 0 aliphatic carbocycles. The molecule has 0 fully saturated rings. The van der Waals surface area contributed by atoms with Crippen LogP contribution in [0.1, 0.15) is 10.4 Å². The second-order valence-electron chi connectivity index (χ2n) is 2.33. The van der Waals surface area contributed by atoms with Crippen LogP contribution < -0.4 is 0 Å². The van der Waals surface area contributed by atoms with E-state index in [-0.39, 0.29) is 5.56 Å². The Morgan fingerprint density at radius 2 is 1.54 bits per heavy atom. The van der Waals surface area contributed by atoms with Gasteiger partial charge < -0.3 is 5.11 Å². The fourth-order valence-corrected chi connectivity index (χ4v) is 0.818. The van der Waals surface area contributed by atoms with Crippen molar-refractivity contribution in [2.24, 2.45) is 0 Å². The zero-order chi connectivity index (χ0) is 9.84. The van der Waals surface area contributed by atoms with E-state index >= 15 is 0 Å². The number of hydrogen-bond acceptors (Lipinski definition) is 3. The molecule has 13 heavy (non-hydrogen) atoms. The molecule has 0 aliphatic rings. The van der Waals surface area contributed by atoms with Crippen molar-refractivity contribution in [2.45, 2.75) is 0 Å². The van der Waals surface area contributed by atoms with Gasteiger partial charge in [-0.15, -0.1) is 0 Å². The Bertz CT molecular complexity index is 353. The molecule has 0 saturated heterocycles. The number of carbonyl (C=O) groups is 3. The summed E-state index contributed by atoms with van der Waals surface area (Å²) >= 11 is 0. The van der Waals surface area contributed by atoms with Crippen LogP contribution in [-0.2, 0) is 9.59 Å². The molecule has 1 aromatic rings. The third kappa shape index (κ3) is 1.99. The quantitative estimate of drug-likeness (QED) is 0.416. The number of carbonyl (C=O) groups excluding carboxylic acids is 2. The van der Waals surface area contributed by atoms with Crippen LogP contribution in [0.3, 0.4) is 0 Å². The summed E-state index contributed by atoms with van der Waals surface area (Å²) in [6.45, 7) is 0. The van der Waals surface area contributed by atoms with Gasteiger partial charge in [0.2, 0.25) is 5.78 Å². The van der Waals surface area contributed by atoms with Crippen molar-refractivity contribution in [3.05, 3.63) is 35.9 Å². The van der Waals surface area contributed by atoms with E-state index in [4.69, 9.17) is 5.11 Å². The predicted molar refractivity (Wildman–Crippen MR) is 43.4 cm³/mol. The van der Waals surface area contributed by atoms with Gasteiger partial charge in [-0.25, -0.2) is 4.79 Å². The minimum absolute atomic E-state index is 0.0925. The lowest BCUT2D eigenvalue weighted by Gasteiger charge is -1.94. The first-order valence-corrected chi connectivity index (χ1v) is 3.50. The van der Waals surface area contributed by atoms with E-state index in [0.717, 1.165) is 0 Å². The highest BCUT2D eigenvalue weighted by molar-refractivity contribution is 6.65. The summed E-state index contributed by atoms with van der Waals surface area (Å²) in [5.74, 6) is -4.13. The summed E-state index contributed by atoms with van der Waals surface area (Å²) in [4.78, 5) is 31.9. The van der Waals surface area contributed by atoms with Crippen molar-refractivity contribution < 1.29 is 19.5 Å². The predicted octanol–water partition coefficient (Wildman–Crippen LogP) is 0.523. The van der Waals surface area contributed by atoms with Crippen LogP contribution in [0.25, 0.3) is 0 Å². The van der Waals surface area contributed by atoms with E-state index in [1.807, 2.05) is 0 Å². The van der Waals surface area contributed by atoms with E-state index in [9.17, 15) is 14.4 Å². The van der Waals surface area contributed by atoms with Gasteiger partial charge in [0.05, 0.1) is 0 Å². The molecule has 0 unspecified atom stereocenters. The number of carboxylic acids is 1. The first-order chi connectivity index (χ1) is 6.13. The molecule has 0 radical (unpaired) electrons. The van der Waals surface area contributed by atoms with Crippen molar-refractivity contribution in [3.8, 4) is 0 Å². The second kappa shape index (κ2) is 3.62. The van der Waals surface area contributed by atoms with E-state index in [1.165, 1.54) is 12.1 Å². The van der Waals surface area contributed by atoms with Gasteiger partial charge in [-0.2, -0.15) is 0 Å². The lowest BCUT2D eigenvalue weighted by atomic mass is 10.1. The van der Waals surface area contributed by atoms with Gasteiger partial charge in [0.1, 0.15) is 0 Å². The molecule has 0 amide bonds. The van der Waals surface area contributed by atoms with Crippen LogP contribution in [0.2, 0.25) is 0 Å². The molecule has 0 spiro atoms. The number of carboxylic acid groups (broad SMARTS) is 1. The van der Waals surface area contributed by atoms with Gasteiger partial charge in [-0.05, 0) is 0 Å². The zero-order valence-corrected chi connectivity index (χ0v) is 6.56. The Morgan fingerprint density at radius 3 is 2.00 bits per heavy atom. The third-order valence-electron chi connectivity index (χ3n) is 1.44. The molecule has 1 rings (SSSR count). The Labute approximate surface area is 73.8 Å². The number of rotatable bonds is 3. The maximum Gasteiger partial charge on any atom is 0.380 e. The normalized spacial score (nSPS) is 9.23. The Balaban J connectivity index is 2.93. The van der Waals surface area contributed by atoms with Crippen LogP contribution in [0.4, 0.5) is 0 Å². The summed E-state index contributed by atoms with van der Waals surface area (Å²) in [6, 6.07) is 7.57. The highest BCUT2D eigenvalue weighted by Crippen LogP contribution is 2.00. The standard InChI is InChI=1S/C9H6O4/c10-7(8(11)9(12)13)6-4-2-1-3-5-6/h1-5H,(H,12,13). The van der Waals surface area contributed by atoms with Gasteiger partial charge >= 0.3 is 11.8 Å². The number of aliphatic carboxylic acids is 1. The van der Waals surface area contributed by atoms with Gasteiger partial charge in [0.15, 0.2) is 0 Å². The third-order valence-corrected chi connectivity index (χ3v) is 1.44. The van der Waals surface area contributed by atoms with Gasteiger partial charge in [-0.1, -0.05) is 30.3 Å². The minimum atomic E-state index is -1.73. The average Bonchev–Trinajstić information content (AvgIpc) is 2.17. The van der Waals surface area contributed by atoms with Crippen LogP contribution in [0.5, 0.6) is 0 Å². The molecule has 0 heterocycles. The first kappa shape index (κ1) is 9.12. The van der Waals surface area contributed by atoms with Crippen molar-refractivity contribution >= 4 is 17.5 Å². The highest BCUT2D eigenvalue weighted by Gasteiger charge is 2.22. The Kier molecular flexibility index (Phi) is 2.54. The summed E-state index contributed by atoms with van der Waals surface area (Å²) in [7, 11) is 0. The van der Waals surface area contributed by atoms with Crippen molar-refractivity contribution in [3.63, 3.8) is 0 Å². The molecular formula is C9H6O4. The first-order valence-electron chi connectivity index (χ1n) is 3.50. The summed E-state index contributed by atoms with van der Waals surface area (Å²) in [6.07, 6.45) is 0. The summed E-state index contributed by atoms with van der Waals surface area (Å²) in [5.41, 5.74) is 0.0925. The molecule has 1 aromatic carbocycles. The molecule has 4 nitrogen and oxygen atoms in total. The smallest absolute Gasteiger partial charge is 0.380 e. The van der Waals surface area contributed by atoms with Gasteiger partial charge in [0.25, 0.3) is 0 Å². The minimum Gasteiger partial charge on any atom is -0.475 e. The zero-order valence-electron chi connectivity index (χ0n) is 6.56. The van der Waals surface area contributed by atoms with Crippen LogP contribution in [-0.4, -0.2) is 22.6 Å². The fourth-order valence-electron chi connectivity index (χ4n) is 0.818. The highest BCUT2D eigenvalue weighted by atomic mass is 16.4. The lowest BCUT2D eigenvalue weighted by Crippen LogP contribution is -2.23. The van der Waals surface area contributed by atoms with Crippen molar-refractivity contribution in [1.82, 2.24) is 0 Å². The topological polar surface area (TPSA) is 71.4 Å². The fraction of sp³-hybridized carbons (Fsp3) is 0. The van der Waals surface area contributed by atoms with E-state index in [2.05, 4.69) is 0 Å². The van der Waals surface area contributed by atoms with E-state index in [0.29, 0.717) is 0 Å². The van der Waals surface area contributed by atoms with Crippen LogP contribution in [0.15, 0.2) is 30.3 Å². The SMILES string of the molecule is O=C(O)C(=O)C(=O)c1ccccc1. The number of Topliss-reactive ketones (excluding diaryl/α,β-unsaturated/α-hetero) is 2. The van der Waals surface area contributed by atoms with E-state index in [1.54, 1.807) is 18.2 Å². The molecule has 4 heteroatoms. The molecular weight excluding hydrogens is 172 g/mol. The number of benzene rings is 1. The maximum atomic E-state index is 11.1. The molecule has 66 valence electrons. The Hall–Kier alpha value is -1.97. The van der Waals surface area contributed by atoms with E-state index < -0.39 is 17.5 Å². The van der Waals surface area contributed by atoms with Crippen molar-refractivity contribution in [1.29, 1.82) is 0 Å². The van der Waals surface area contributed by atoms with Crippen LogP contribution >= 0.6 is 0 Å². The lowest BCUT2D eigenvalue weighted by molar-refractivity contribution is -0.146. The average molecular weight is 178 g/mol. The Morgan fingerprint density at radius 1 is 1.00 bits per heavy atom. The largest absolute Gasteiger partial charge is 0.475 e. The molecule has 0 aromatic heterocycles. The number of ketones is 2.